The second-order valence-corrected chi connectivity index (χ2v) is 7.44. The van der Waals surface area contributed by atoms with E-state index in [1.54, 1.807) is 0 Å². The lowest BCUT2D eigenvalue weighted by Crippen LogP contribution is -2.31. The number of halogens is 1. The van der Waals surface area contributed by atoms with Crippen molar-refractivity contribution in [3.05, 3.63) is 81.6 Å². The summed E-state index contributed by atoms with van der Waals surface area (Å²) in [5, 5.41) is 0. The quantitative estimate of drug-likeness (QED) is 0.641. The number of benzene rings is 2. The van der Waals surface area contributed by atoms with Crippen molar-refractivity contribution in [3.8, 4) is 11.4 Å². The van der Waals surface area contributed by atoms with E-state index in [2.05, 4.69) is 63.1 Å². The van der Waals surface area contributed by atoms with Gasteiger partial charge >= 0.3 is 0 Å². The molecule has 25 heavy (non-hydrogen) atoms. The molecule has 1 aliphatic rings. The average molecular weight is 394 g/mol. The summed E-state index contributed by atoms with van der Waals surface area (Å²) >= 11 is 3.69. The lowest BCUT2D eigenvalue weighted by molar-refractivity contribution is 0.242. The lowest BCUT2D eigenvalue weighted by atomic mass is 10.1. The van der Waals surface area contributed by atoms with E-state index in [0.29, 0.717) is 0 Å². The minimum atomic E-state index is 0.828. The third-order valence-corrected chi connectivity index (χ3v) is 5.39. The van der Waals surface area contributed by atoms with Gasteiger partial charge in [-0.25, -0.2) is 9.97 Å². The van der Waals surface area contributed by atoms with Crippen LogP contribution in [-0.4, -0.2) is 21.4 Å². The summed E-state index contributed by atoms with van der Waals surface area (Å²) in [5.41, 5.74) is 6.12. The normalized spacial score (nSPS) is 14.3. The van der Waals surface area contributed by atoms with Crippen molar-refractivity contribution in [2.45, 2.75) is 26.4 Å². The van der Waals surface area contributed by atoms with Crippen molar-refractivity contribution >= 4 is 15.9 Å². The highest BCUT2D eigenvalue weighted by Crippen LogP contribution is 2.25. The van der Waals surface area contributed by atoms with Crippen molar-refractivity contribution in [2.24, 2.45) is 0 Å². The number of fused-ring (bicyclic) bond motifs is 1. The largest absolute Gasteiger partial charge is 0.294 e. The molecule has 0 saturated heterocycles. The molecule has 0 aliphatic carbocycles. The van der Waals surface area contributed by atoms with E-state index in [1.807, 2.05) is 24.4 Å². The zero-order chi connectivity index (χ0) is 17.2. The Morgan fingerprint density at radius 2 is 1.96 bits per heavy atom. The summed E-state index contributed by atoms with van der Waals surface area (Å²) < 4.78 is 1.19. The Bertz CT molecular complexity index is 893. The first kappa shape index (κ1) is 16.4. The van der Waals surface area contributed by atoms with Gasteiger partial charge in [0, 0.05) is 47.9 Å². The number of aromatic nitrogens is 2. The molecule has 0 saturated carbocycles. The minimum absolute atomic E-state index is 0.828. The monoisotopic (exact) mass is 393 g/mol. The second kappa shape index (κ2) is 7.06. The van der Waals surface area contributed by atoms with Crippen LogP contribution in [0.4, 0.5) is 0 Å². The molecule has 0 bridgehead atoms. The van der Waals surface area contributed by atoms with Crippen LogP contribution in [0.15, 0.2) is 59.2 Å². The van der Waals surface area contributed by atoms with Gasteiger partial charge in [0.15, 0.2) is 5.82 Å². The summed E-state index contributed by atoms with van der Waals surface area (Å²) in [7, 11) is 0. The van der Waals surface area contributed by atoms with Crippen LogP contribution in [0.25, 0.3) is 11.4 Å². The molecule has 4 heteroatoms. The van der Waals surface area contributed by atoms with Crippen LogP contribution in [0.5, 0.6) is 0 Å². The van der Waals surface area contributed by atoms with Crippen LogP contribution >= 0.6 is 15.9 Å². The van der Waals surface area contributed by atoms with Gasteiger partial charge in [0.05, 0.1) is 5.69 Å². The Hall–Kier alpha value is -2.04. The third-order valence-electron chi connectivity index (χ3n) is 4.65. The van der Waals surface area contributed by atoms with Gasteiger partial charge in [-0.2, -0.15) is 0 Å². The van der Waals surface area contributed by atoms with E-state index < -0.39 is 0 Å². The maximum atomic E-state index is 4.81. The first-order valence-electron chi connectivity index (χ1n) is 8.56. The summed E-state index contributed by atoms with van der Waals surface area (Å²) in [6, 6.07) is 16.8. The van der Waals surface area contributed by atoms with Crippen LogP contribution in [-0.2, 0) is 19.5 Å². The third kappa shape index (κ3) is 3.65. The van der Waals surface area contributed by atoms with Gasteiger partial charge in [-0.3, -0.25) is 4.90 Å². The molecule has 0 fully saturated rings. The van der Waals surface area contributed by atoms with Crippen molar-refractivity contribution in [1.29, 1.82) is 0 Å². The van der Waals surface area contributed by atoms with Gasteiger partial charge in [-0.1, -0.05) is 58.4 Å². The van der Waals surface area contributed by atoms with Gasteiger partial charge in [0.25, 0.3) is 0 Å². The van der Waals surface area contributed by atoms with Crippen LogP contribution in [0, 0.1) is 6.92 Å². The molecule has 1 aliphatic heterocycles. The highest BCUT2D eigenvalue weighted by atomic mass is 79.9. The molecule has 0 amide bonds. The SMILES string of the molecule is Cc1ccc(CN2CCc3nc(-c4ccccc4)ncc3C2)c(Br)c1. The van der Waals surface area contributed by atoms with E-state index >= 15 is 0 Å². The van der Waals surface area contributed by atoms with Crippen molar-refractivity contribution in [3.63, 3.8) is 0 Å². The molecule has 3 aromatic rings. The number of rotatable bonds is 3. The Morgan fingerprint density at radius 3 is 2.76 bits per heavy atom. The van der Waals surface area contributed by atoms with Crippen molar-refractivity contribution < 1.29 is 0 Å². The van der Waals surface area contributed by atoms with Crippen LogP contribution in [0.3, 0.4) is 0 Å². The van der Waals surface area contributed by atoms with E-state index in [9.17, 15) is 0 Å². The fourth-order valence-corrected chi connectivity index (χ4v) is 3.88. The molecule has 3 nitrogen and oxygen atoms in total. The Kier molecular flexibility index (Phi) is 4.64. The fraction of sp³-hybridized carbons (Fsp3) is 0.238. The van der Waals surface area contributed by atoms with E-state index in [-0.39, 0.29) is 0 Å². The molecule has 0 atom stereocenters. The number of hydrogen-bond donors (Lipinski definition) is 0. The predicted octanol–water partition coefficient (Wildman–Crippen LogP) is 4.77. The van der Waals surface area contributed by atoms with Gasteiger partial charge in [0.1, 0.15) is 0 Å². The van der Waals surface area contributed by atoms with Crippen LogP contribution < -0.4 is 0 Å². The van der Waals surface area contributed by atoms with E-state index in [4.69, 9.17) is 4.98 Å². The number of nitrogens with zero attached hydrogens (tertiary/aromatic N) is 3. The molecule has 2 aromatic carbocycles. The number of hydrogen-bond acceptors (Lipinski definition) is 3. The lowest BCUT2D eigenvalue weighted by Gasteiger charge is -2.28. The van der Waals surface area contributed by atoms with Crippen molar-refractivity contribution in [1.82, 2.24) is 14.9 Å². The molecular weight excluding hydrogens is 374 g/mol. The summed E-state index contributed by atoms with van der Waals surface area (Å²) in [5.74, 6) is 0.828. The zero-order valence-corrected chi connectivity index (χ0v) is 15.8. The molecule has 0 spiro atoms. The topological polar surface area (TPSA) is 29.0 Å². The first-order chi connectivity index (χ1) is 12.2. The average Bonchev–Trinajstić information content (AvgIpc) is 2.64. The Labute approximate surface area is 156 Å². The molecule has 0 radical (unpaired) electrons. The van der Waals surface area contributed by atoms with E-state index in [1.165, 1.54) is 26.9 Å². The summed E-state index contributed by atoms with van der Waals surface area (Å²) in [4.78, 5) is 11.9. The molecule has 2 heterocycles. The summed E-state index contributed by atoms with van der Waals surface area (Å²) in [6.07, 6.45) is 2.97. The fourth-order valence-electron chi connectivity index (χ4n) is 3.26. The second-order valence-electron chi connectivity index (χ2n) is 6.59. The molecular formula is C21H20BrN3. The van der Waals surface area contributed by atoms with Crippen molar-refractivity contribution in [2.75, 3.05) is 6.54 Å². The Balaban J connectivity index is 1.52. The van der Waals surface area contributed by atoms with Gasteiger partial charge in [-0.15, -0.1) is 0 Å². The van der Waals surface area contributed by atoms with Crippen LogP contribution in [0.1, 0.15) is 22.4 Å². The Morgan fingerprint density at radius 1 is 1.12 bits per heavy atom. The standard InChI is InChI=1S/C21H20BrN3/c1-15-7-8-17(19(22)11-15)13-25-10-9-20-18(14-25)12-23-21(24-20)16-5-3-2-4-6-16/h2-8,11-12H,9-10,13-14H2,1H3. The minimum Gasteiger partial charge on any atom is -0.294 e. The highest BCUT2D eigenvalue weighted by molar-refractivity contribution is 9.10. The maximum Gasteiger partial charge on any atom is 0.159 e. The maximum absolute atomic E-state index is 4.81. The smallest absolute Gasteiger partial charge is 0.159 e. The molecule has 126 valence electrons. The molecule has 1 aromatic heterocycles. The van der Waals surface area contributed by atoms with Crippen LogP contribution in [0.2, 0.25) is 0 Å². The van der Waals surface area contributed by atoms with Gasteiger partial charge < -0.3 is 0 Å². The first-order valence-corrected chi connectivity index (χ1v) is 9.36. The van der Waals surface area contributed by atoms with Gasteiger partial charge in [-0.05, 0) is 24.1 Å². The number of aryl methyl sites for hydroxylation is 1. The van der Waals surface area contributed by atoms with Gasteiger partial charge in [0.2, 0.25) is 0 Å². The molecule has 0 unspecified atom stereocenters. The highest BCUT2D eigenvalue weighted by Gasteiger charge is 2.19. The molecule has 0 N–H and O–H groups in total. The summed E-state index contributed by atoms with van der Waals surface area (Å²) in [6.45, 7) is 5.00. The predicted molar refractivity (Wildman–Crippen MR) is 104 cm³/mol. The van der Waals surface area contributed by atoms with E-state index in [0.717, 1.165) is 37.4 Å². The zero-order valence-electron chi connectivity index (χ0n) is 14.2. The molecule has 4 rings (SSSR count).